The van der Waals surface area contributed by atoms with Crippen LogP contribution in [0.4, 0.5) is 0 Å². The zero-order valence-electron chi connectivity index (χ0n) is 10.9. The molecule has 0 fully saturated rings. The molecule has 1 aromatic carbocycles. The molecule has 0 atom stereocenters. The van der Waals surface area contributed by atoms with Crippen molar-refractivity contribution in [1.29, 1.82) is 0 Å². The molecule has 3 aromatic rings. The van der Waals surface area contributed by atoms with Crippen molar-refractivity contribution in [2.75, 3.05) is 0 Å². The van der Waals surface area contributed by atoms with Gasteiger partial charge in [-0.3, -0.25) is 14.2 Å². The molecule has 0 unspecified atom stereocenters. The standard InChI is InChI=1S/C14H14N4O/c1-17-8-7-10(15-17)9-13(19)14-11-5-3-4-6-12(11)18(2)16-14/h3-8H,9H2,1-2H3. The topological polar surface area (TPSA) is 52.7 Å². The summed E-state index contributed by atoms with van der Waals surface area (Å²) in [6, 6.07) is 9.59. The van der Waals surface area contributed by atoms with Gasteiger partial charge in [0.05, 0.1) is 17.6 Å². The fraction of sp³-hybridized carbons (Fsp3) is 0.214. The van der Waals surface area contributed by atoms with E-state index < -0.39 is 0 Å². The molecule has 2 heterocycles. The SMILES string of the molecule is Cn1ccc(CC(=O)c2nn(C)c3ccccc23)n1. The summed E-state index contributed by atoms with van der Waals surface area (Å²) in [5, 5.41) is 9.44. The number of hydrogen-bond acceptors (Lipinski definition) is 3. The molecule has 96 valence electrons. The van der Waals surface area contributed by atoms with Crippen molar-refractivity contribution in [2.24, 2.45) is 14.1 Å². The molecule has 0 amide bonds. The largest absolute Gasteiger partial charge is 0.292 e. The number of hydrogen-bond donors (Lipinski definition) is 0. The van der Waals surface area contributed by atoms with Gasteiger partial charge in [-0.15, -0.1) is 0 Å². The van der Waals surface area contributed by atoms with E-state index in [0.717, 1.165) is 16.6 Å². The summed E-state index contributed by atoms with van der Waals surface area (Å²) in [7, 11) is 3.68. The number of fused-ring (bicyclic) bond motifs is 1. The molecule has 19 heavy (non-hydrogen) atoms. The van der Waals surface area contributed by atoms with Crippen LogP contribution in [0, 0.1) is 0 Å². The highest BCUT2D eigenvalue weighted by molar-refractivity contribution is 6.06. The third kappa shape index (κ3) is 2.03. The molecule has 0 bridgehead atoms. The number of Topliss-reactive ketones (excluding diaryl/α,β-unsaturated/α-hetero) is 1. The molecule has 0 saturated heterocycles. The molecule has 0 radical (unpaired) electrons. The molecule has 5 heteroatoms. The monoisotopic (exact) mass is 254 g/mol. The van der Waals surface area contributed by atoms with E-state index in [0.29, 0.717) is 5.69 Å². The van der Waals surface area contributed by atoms with Crippen LogP contribution in [-0.4, -0.2) is 25.3 Å². The Morgan fingerprint density at radius 1 is 1.16 bits per heavy atom. The molecule has 0 N–H and O–H groups in total. The van der Waals surface area contributed by atoms with Gasteiger partial charge in [-0.25, -0.2) is 0 Å². The van der Waals surface area contributed by atoms with Gasteiger partial charge in [-0.1, -0.05) is 18.2 Å². The van der Waals surface area contributed by atoms with Gasteiger partial charge in [0, 0.05) is 25.7 Å². The summed E-state index contributed by atoms with van der Waals surface area (Å²) in [4.78, 5) is 12.3. The second-order valence-electron chi connectivity index (χ2n) is 4.57. The zero-order chi connectivity index (χ0) is 13.4. The van der Waals surface area contributed by atoms with Gasteiger partial charge in [0.1, 0.15) is 5.69 Å². The lowest BCUT2D eigenvalue weighted by molar-refractivity contribution is 0.0988. The van der Waals surface area contributed by atoms with E-state index in [9.17, 15) is 4.79 Å². The van der Waals surface area contributed by atoms with Crippen molar-refractivity contribution in [3.63, 3.8) is 0 Å². The molecule has 0 aliphatic carbocycles. The molecule has 0 aliphatic heterocycles. The van der Waals surface area contributed by atoms with Gasteiger partial charge in [0.15, 0.2) is 5.78 Å². The lowest BCUT2D eigenvalue weighted by Crippen LogP contribution is -2.06. The maximum Gasteiger partial charge on any atom is 0.189 e. The Labute approximate surface area is 110 Å². The van der Waals surface area contributed by atoms with Crippen molar-refractivity contribution < 1.29 is 4.79 Å². The normalized spacial score (nSPS) is 11.1. The quantitative estimate of drug-likeness (QED) is 0.669. The first kappa shape index (κ1) is 11.6. The number of nitrogens with zero attached hydrogens (tertiary/aromatic N) is 4. The molecule has 0 saturated carbocycles. The van der Waals surface area contributed by atoms with E-state index in [1.54, 1.807) is 9.36 Å². The van der Waals surface area contributed by atoms with E-state index in [-0.39, 0.29) is 12.2 Å². The van der Waals surface area contributed by atoms with Crippen LogP contribution < -0.4 is 0 Å². The Bertz CT molecular complexity index is 754. The highest BCUT2D eigenvalue weighted by atomic mass is 16.1. The van der Waals surface area contributed by atoms with Crippen molar-refractivity contribution in [2.45, 2.75) is 6.42 Å². The second kappa shape index (κ2) is 4.35. The lowest BCUT2D eigenvalue weighted by atomic mass is 10.1. The predicted molar refractivity (Wildman–Crippen MR) is 72.0 cm³/mol. The Balaban J connectivity index is 1.98. The van der Waals surface area contributed by atoms with Gasteiger partial charge in [0.25, 0.3) is 0 Å². The summed E-state index contributed by atoms with van der Waals surface area (Å²) >= 11 is 0. The minimum atomic E-state index is -0.00417. The number of benzene rings is 1. The number of carbonyl (C=O) groups is 1. The van der Waals surface area contributed by atoms with Crippen molar-refractivity contribution in [3.05, 3.63) is 47.9 Å². The van der Waals surface area contributed by atoms with E-state index in [2.05, 4.69) is 10.2 Å². The van der Waals surface area contributed by atoms with Crippen LogP contribution in [-0.2, 0) is 20.5 Å². The smallest absolute Gasteiger partial charge is 0.189 e. The fourth-order valence-electron chi connectivity index (χ4n) is 2.23. The van der Waals surface area contributed by atoms with Crippen LogP contribution in [0.2, 0.25) is 0 Å². The maximum absolute atomic E-state index is 12.3. The Morgan fingerprint density at radius 2 is 1.95 bits per heavy atom. The number of aryl methyl sites for hydroxylation is 2. The van der Waals surface area contributed by atoms with Crippen molar-refractivity contribution in [3.8, 4) is 0 Å². The van der Waals surface area contributed by atoms with Crippen LogP contribution in [0.15, 0.2) is 36.5 Å². The van der Waals surface area contributed by atoms with Crippen LogP contribution in [0.3, 0.4) is 0 Å². The molecule has 0 aliphatic rings. The van der Waals surface area contributed by atoms with E-state index in [1.807, 2.05) is 50.6 Å². The number of para-hydroxylation sites is 1. The Kier molecular flexibility index (Phi) is 2.67. The zero-order valence-corrected chi connectivity index (χ0v) is 10.9. The first-order chi connectivity index (χ1) is 9.15. The lowest BCUT2D eigenvalue weighted by Gasteiger charge is -1.95. The Hall–Kier alpha value is -2.43. The van der Waals surface area contributed by atoms with Gasteiger partial charge < -0.3 is 0 Å². The molecular formula is C14H14N4O. The summed E-state index contributed by atoms with van der Waals surface area (Å²) in [6.45, 7) is 0. The first-order valence-electron chi connectivity index (χ1n) is 6.08. The summed E-state index contributed by atoms with van der Waals surface area (Å²) in [6.07, 6.45) is 2.11. The summed E-state index contributed by atoms with van der Waals surface area (Å²) < 4.78 is 3.43. The van der Waals surface area contributed by atoms with Crippen LogP contribution in [0.5, 0.6) is 0 Å². The van der Waals surface area contributed by atoms with Crippen LogP contribution in [0.1, 0.15) is 16.2 Å². The predicted octanol–water partition coefficient (Wildman–Crippen LogP) is 1.73. The van der Waals surface area contributed by atoms with Gasteiger partial charge in [-0.2, -0.15) is 10.2 Å². The summed E-state index contributed by atoms with van der Waals surface area (Å²) in [5.41, 5.74) is 2.25. The van der Waals surface area contributed by atoms with Crippen molar-refractivity contribution >= 4 is 16.7 Å². The number of ketones is 1. The summed E-state index contributed by atoms with van der Waals surface area (Å²) in [5.74, 6) is -0.00417. The van der Waals surface area contributed by atoms with Crippen molar-refractivity contribution in [1.82, 2.24) is 19.6 Å². The highest BCUT2D eigenvalue weighted by Gasteiger charge is 2.16. The van der Waals surface area contributed by atoms with Gasteiger partial charge in [-0.05, 0) is 12.1 Å². The number of aromatic nitrogens is 4. The third-order valence-electron chi connectivity index (χ3n) is 3.13. The van der Waals surface area contributed by atoms with Crippen LogP contribution >= 0.6 is 0 Å². The van der Waals surface area contributed by atoms with Gasteiger partial charge in [0.2, 0.25) is 0 Å². The molecule has 2 aromatic heterocycles. The van der Waals surface area contributed by atoms with E-state index >= 15 is 0 Å². The molecular weight excluding hydrogens is 240 g/mol. The minimum Gasteiger partial charge on any atom is -0.292 e. The average molecular weight is 254 g/mol. The fourth-order valence-corrected chi connectivity index (χ4v) is 2.23. The highest BCUT2D eigenvalue weighted by Crippen LogP contribution is 2.18. The van der Waals surface area contributed by atoms with E-state index in [4.69, 9.17) is 0 Å². The molecule has 0 spiro atoms. The number of rotatable bonds is 3. The van der Waals surface area contributed by atoms with Gasteiger partial charge >= 0.3 is 0 Å². The maximum atomic E-state index is 12.3. The number of carbonyl (C=O) groups excluding carboxylic acids is 1. The average Bonchev–Trinajstić information content (AvgIpc) is 2.95. The van der Waals surface area contributed by atoms with Crippen LogP contribution in [0.25, 0.3) is 10.9 Å². The molecule has 3 rings (SSSR count). The Morgan fingerprint density at radius 3 is 2.68 bits per heavy atom. The first-order valence-corrected chi connectivity index (χ1v) is 6.08. The molecule has 5 nitrogen and oxygen atoms in total. The second-order valence-corrected chi connectivity index (χ2v) is 4.57. The third-order valence-corrected chi connectivity index (χ3v) is 3.13. The minimum absolute atomic E-state index is 0.00417. The van der Waals surface area contributed by atoms with E-state index in [1.165, 1.54) is 0 Å².